The van der Waals surface area contributed by atoms with Gasteiger partial charge in [0, 0.05) is 17.6 Å². The van der Waals surface area contributed by atoms with Gasteiger partial charge in [0.1, 0.15) is 6.33 Å². The van der Waals surface area contributed by atoms with E-state index in [1.807, 2.05) is 0 Å². The standard InChI is InChI=1S/C12H11Cl2N3O2/c1-17-7-15-11(16-17)12(18-4-5-19-12)9-3-2-8(13)6-10(9)14/h2-3,6-7H,4-5H2,1H3. The molecule has 0 spiro atoms. The maximum absolute atomic E-state index is 6.25. The number of hydrogen-bond acceptors (Lipinski definition) is 4. The van der Waals surface area contributed by atoms with Gasteiger partial charge >= 0.3 is 0 Å². The lowest BCUT2D eigenvalue weighted by Gasteiger charge is -2.25. The van der Waals surface area contributed by atoms with Crippen molar-refractivity contribution in [2.45, 2.75) is 5.79 Å². The SMILES string of the molecule is Cn1cnc(C2(c3ccc(Cl)cc3Cl)OCCO2)n1. The highest BCUT2D eigenvalue weighted by atomic mass is 35.5. The van der Waals surface area contributed by atoms with Crippen LogP contribution < -0.4 is 0 Å². The van der Waals surface area contributed by atoms with E-state index in [2.05, 4.69) is 10.1 Å². The summed E-state index contributed by atoms with van der Waals surface area (Å²) in [5.74, 6) is -0.722. The van der Waals surface area contributed by atoms with Crippen molar-refractivity contribution in [2.24, 2.45) is 7.05 Å². The first kappa shape index (κ1) is 12.9. The Morgan fingerprint density at radius 1 is 1.26 bits per heavy atom. The van der Waals surface area contributed by atoms with Crippen molar-refractivity contribution in [3.63, 3.8) is 0 Å². The zero-order valence-electron chi connectivity index (χ0n) is 10.1. The summed E-state index contributed by atoms with van der Waals surface area (Å²) in [6, 6.07) is 5.15. The molecule has 1 aliphatic heterocycles. The number of rotatable bonds is 2. The van der Waals surface area contributed by atoms with E-state index in [4.69, 9.17) is 32.7 Å². The van der Waals surface area contributed by atoms with E-state index in [-0.39, 0.29) is 0 Å². The highest BCUT2D eigenvalue weighted by molar-refractivity contribution is 6.35. The van der Waals surface area contributed by atoms with E-state index in [1.165, 1.54) is 0 Å². The van der Waals surface area contributed by atoms with Gasteiger partial charge in [0.15, 0.2) is 0 Å². The highest BCUT2D eigenvalue weighted by Crippen LogP contribution is 2.40. The molecule has 1 aromatic heterocycles. The van der Waals surface area contributed by atoms with Crippen molar-refractivity contribution >= 4 is 23.2 Å². The van der Waals surface area contributed by atoms with Crippen LogP contribution in [0.25, 0.3) is 0 Å². The fourth-order valence-corrected chi connectivity index (χ4v) is 2.60. The third-order valence-corrected chi connectivity index (χ3v) is 3.42. The van der Waals surface area contributed by atoms with Crippen LogP contribution in [0.3, 0.4) is 0 Å². The van der Waals surface area contributed by atoms with Gasteiger partial charge in [0.2, 0.25) is 5.82 Å². The summed E-state index contributed by atoms with van der Waals surface area (Å²) in [6.45, 7) is 0.911. The Bertz CT molecular complexity index is 609. The molecule has 0 atom stereocenters. The molecule has 19 heavy (non-hydrogen) atoms. The molecule has 1 fully saturated rings. The molecule has 0 unspecified atom stereocenters. The number of aryl methyl sites for hydroxylation is 1. The predicted octanol–water partition coefficient (Wildman–Crippen LogP) is 2.37. The number of halogens is 2. The van der Waals surface area contributed by atoms with Crippen LogP contribution in [0.15, 0.2) is 24.5 Å². The normalized spacial score (nSPS) is 17.8. The topological polar surface area (TPSA) is 49.2 Å². The van der Waals surface area contributed by atoms with Crippen LogP contribution >= 0.6 is 23.2 Å². The second kappa shape index (κ2) is 4.76. The van der Waals surface area contributed by atoms with E-state index in [1.54, 1.807) is 36.3 Å². The monoisotopic (exact) mass is 299 g/mol. The van der Waals surface area contributed by atoms with E-state index < -0.39 is 5.79 Å². The Morgan fingerprint density at radius 2 is 2.00 bits per heavy atom. The fourth-order valence-electron chi connectivity index (χ4n) is 2.06. The van der Waals surface area contributed by atoms with Crippen LogP contribution in [-0.2, 0) is 22.3 Å². The minimum absolute atomic E-state index is 0.428. The highest BCUT2D eigenvalue weighted by Gasteiger charge is 2.45. The predicted molar refractivity (Wildman–Crippen MR) is 70.1 cm³/mol. The number of hydrogen-bond donors (Lipinski definition) is 0. The molecule has 100 valence electrons. The lowest BCUT2D eigenvalue weighted by atomic mass is 10.1. The zero-order chi connectivity index (χ0) is 13.5. The molecule has 0 bridgehead atoms. The van der Waals surface area contributed by atoms with Crippen molar-refractivity contribution in [2.75, 3.05) is 13.2 Å². The summed E-state index contributed by atoms with van der Waals surface area (Å²) in [5.41, 5.74) is 0.655. The van der Waals surface area contributed by atoms with E-state index in [0.29, 0.717) is 34.6 Å². The van der Waals surface area contributed by atoms with Gasteiger partial charge in [-0.05, 0) is 12.1 Å². The molecule has 7 heteroatoms. The van der Waals surface area contributed by atoms with Crippen LogP contribution in [0.4, 0.5) is 0 Å². The molecule has 0 radical (unpaired) electrons. The lowest BCUT2D eigenvalue weighted by molar-refractivity contribution is -0.136. The third kappa shape index (κ3) is 2.12. The van der Waals surface area contributed by atoms with Gasteiger partial charge < -0.3 is 9.47 Å². The van der Waals surface area contributed by atoms with Crippen LogP contribution in [0.5, 0.6) is 0 Å². The molecule has 5 nitrogen and oxygen atoms in total. The minimum Gasteiger partial charge on any atom is -0.337 e. The van der Waals surface area contributed by atoms with Crippen LogP contribution in [0, 0.1) is 0 Å². The number of ether oxygens (including phenoxy) is 2. The van der Waals surface area contributed by atoms with E-state index in [9.17, 15) is 0 Å². The van der Waals surface area contributed by atoms with E-state index in [0.717, 1.165) is 0 Å². The van der Waals surface area contributed by atoms with Crippen molar-refractivity contribution < 1.29 is 9.47 Å². The molecule has 2 heterocycles. The first-order valence-electron chi connectivity index (χ1n) is 5.71. The maximum atomic E-state index is 6.25. The third-order valence-electron chi connectivity index (χ3n) is 2.87. The van der Waals surface area contributed by atoms with E-state index >= 15 is 0 Å². The summed E-state index contributed by atoms with van der Waals surface area (Å²) in [5, 5.41) is 5.28. The molecule has 2 aromatic rings. The fraction of sp³-hybridized carbons (Fsp3) is 0.333. The summed E-state index contributed by atoms with van der Waals surface area (Å²) < 4.78 is 13.1. The van der Waals surface area contributed by atoms with Crippen molar-refractivity contribution in [1.29, 1.82) is 0 Å². The average molecular weight is 300 g/mol. The Morgan fingerprint density at radius 3 is 2.58 bits per heavy atom. The molecule has 3 rings (SSSR count). The smallest absolute Gasteiger partial charge is 0.261 e. The molecule has 0 aliphatic carbocycles. The van der Waals surface area contributed by atoms with Gasteiger partial charge in [0.25, 0.3) is 5.79 Å². The number of benzene rings is 1. The second-order valence-corrected chi connectivity index (χ2v) is 5.02. The van der Waals surface area contributed by atoms with Crippen LogP contribution in [0.1, 0.15) is 11.4 Å². The molecule has 0 N–H and O–H groups in total. The van der Waals surface area contributed by atoms with Crippen molar-refractivity contribution in [3.8, 4) is 0 Å². The molecule has 0 saturated carbocycles. The first-order chi connectivity index (χ1) is 9.12. The Balaban J connectivity index is 2.15. The van der Waals surface area contributed by atoms with Gasteiger partial charge in [-0.2, -0.15) is 5.10 Å². The van der Waals surface area contributed by atoms with Crippen LogP contribution in [0.2, 0.25) is 10.0 Å². The van der Waals surface area contributed by atoms with Crippen molar-refractivity contribution in [1.82, 2.24) is 14.8 Å². The zero-order valence-corrected chi connectivity index (χ0v) is 11.6. The number of nitrogens with zero attached hydrogens (tertiary/aromatic N) is 3. The maximum Gasteiger partial charge on any atom is 0.261 e. The minimum atomic E-state index is -1.15. The Labute approximate surface area is 120 Å². The Hall–Kier alpha value is -1.14. The van der Waals surface area contributed by atoms with Crippen LogP contribution in [-0.4, -0.2) is 28.0 Å². The number of aromatic nitrogens is 3. The molecule has 0 amide bonds. The van der Waals surface area contributed by atoms with Gasteiger partial charge in [-0.15, -0.1) is 0 Å². The first-order valence-corrected chi connectivity index (χ1v) is 6.47. The molecular weight excluding hydrogens is 289 g/mol. The molecule has 1 aromatic carbocycles. The van der Waals surface area contributed by atoms with Gasteiger partial charge in [0.05, 0.1) is 18.2 Å². The summed E-state index contributed by atoms with van der Waals surface area (Å²) >= 11 is 12.2. The lowest BCUT2D eigenvalue weighted by Crippen LogP contribution is -2.30. The second-order valence-electron chi connectivity index (χ2n) is 4.18. The van der Waals surface area contributed by atoms with Gasteiger partial charge in [-0.3, -0.25) is 4.68 Å². The molecule has 1 saturated heterocycles. The summed E-state index contributed by atoms with van der Waals surface area (Å²) in [7, 11) is 1.78. The van der Waals surface area contributed by atoms with Gasteiger partial charge in [-0.1, -0.05) is 29.3 Å². The molecule has 1 aliphatic rings. The van der Waals surface area contributed by atoms with Crippen molar-refractivity contribution in [3.05, 3.63) is 46.0 Å². The quantitative estimate of drug-likeness (QED) is 0.854. The summed E-state index contributed by atoms with van der Waals surface area (Å²) in [6.07, 6.45) is 1.59. The summed E-state index contributed by atoms with van der Waals surface area (Å²) in [4.78, 5) is 4.22. The van der Waals surface area contributed by atoms with Gasteiger partial charge in [-0.25, -0.2) is 4.98 Å². The molecular formula is C12H11Cl2N3O2. The largest absolute Gasteiger partial charge is 0.337 e. The Kier molecular flexibility index (Phi) is 3.22. The average Bonchev–Trinajstić information content (AvgIpc) is 2.98.